The Hall–Kier alpha value is -3.48. The lowest BCUT2D eigenvalue weighted by atomic mass is 9.66. The van der Waals surface area contributed by atoms with Crippen molar-refractivity contribution in [2.24, 2.45) is 0 Å². The van der Waals surface area contributed by atoms with E-state index in [0.717, 1.165) is 11.1 Å². The molecular formula is C29H28O6. The molecule has 2 aliphatic rings. The minimum Gasteiger partial charge on any atom is -0.497 e. The van der Waals surface area contributed by atoms with E-state index in [2.05, 4.69) is 0 Å². The third kappa shape index (κ3) is 4.03. The zero-order valence-electron chi connectivity index (χ0n) is 19.8. The largest absolute Gasteiger partial charge is 0.497 e. The second-order valence-electron chi connectivity index (χ2n) is 9.03. The summed E-state index contributed by atoms with van der Waals surface area (Å²) in [6.07, 6.45) is -0.266. The van der Waals surface area contributed by atoms with E-state index in [1.807, 2.05) is 60.7 Å². The number of rotatable bonds is 5. The maximum absolute atomic E-state index is 13.5. The third-order valence-electron chi connectivity index (χ3n) is 7.07. The first kappa shape index (κ1) is 23.3. The fourth-order valence-electron chi connectivity index (χ4n) is 5.31. The number of carbonyl (C=O) groups excluding carboxylic acids is 2. The molecule has 3 atom stereocenters. The maximum Gasteiger partial charge on any atom is 0.324 e. The average molecular weight is 473 g/mol. The number of methoxy groups -OCH3 is 2. The van der Waals surface area contributed by atoms with Crippen molar-refractivity contribution in [3.05, 3.63) is 102 Å². The zero-order chi connectivity index (χ0) is 24.5. The summed E-state index contributed by atoms with van der Waals surface area (Å²) in [6.45, 7) is 0. The second-order valence-corrected chi connectivity index (χ2v) is 9.03. The van der Waals surface area contributed by atoms with E-state index in [1.54, 1.807) is 31.4 Å². The summed E-state index contributed by atoms with van der Waals surface area (Å²) in [7, 11) is 2.87. The highest BCUT2D eigenvalue weighted by molar-refractivity contribution is 6.10. The third-order valence-corrected chi connectivity index (χ3v) is 7.07. The molecule has 0 amide bonds. The topological polar surface area (TPSA) is 71.1 Å². The van der Waals surface area contributed by atoms with Crippen LogP contribution in [0, 0.1) is 0 Å². The fourth-order valence-corrected chi connectivity index (χ4v) is 5.31. The van der Waals surface area contributed by atoms with Crippen molar-refractivity contribution in [2.75, 3.05) is 14.2 Å². The highest BCUT2D eigenvalue weighted by Gasteiger charge is 2.61. The number of ketones is 1. The van der Waals surface area contributed by atoms with Crippen LogP contribution in [0.1, 0.15) is 48.2 Å². The predicted molar refractivity (Wildman–Crippen MR) is 129 cm³/mol. The van der Waals surface area contributed by atoms with Gasteiger partial charge in [-0.1, -0.05) is 72.8 Å². The SMILES string of the molecule is COC(=O)[C@@]1(c2ccc(OC)cc2)CC2(CCC1=O)O[C@@H](c1ccccc1)[C@H](c1ccccc1)O2. The predicted octanol–water partition coefficient (Wildman–Crippen LogP) is 5.08. The number of hydrogen-bond acceptors (Lipinski definition) is 6. The van der Waals surface area contributed by atoms with Crippen molar-refractivity contribution in [3.8, 4) is 5.75 Å². The van der Waals surface area contributed by atoms with Gasteiger partial charge in [-0.15, -0.1) is 0 Å². The first-order valence-corrected chi connectivity index (χ1v) is 11.7. The summed E-state index contributed by atoms with van der Waals surface area (Å²) in [6, 6.07) is 26.8. The molecule has 6 heteroatoms. The van der Waals surface area contributed by atoms with Crippen LogP contribution in [-0.2, 0) is 29.2 Å². The number of benzene rings is 3. The van der Waals surface area contributed by atoms with Crippen LogP contribution in [0.4, 0.5) is 0 Å². The minimum absolute atomic E-state index is 0.0322. The molecule has 5 rings (SSSR count). The van der Waals surface area contributed by atoms with Crippen LogP contribution in [0.25, 0.3) is 0 Å². The molecule has 1 aliphatic carbocycles. The van der Waals surface area contributed by atoms with Crippen LogP contribution in [0.2, 0.25) is 0 Å². The first-order chi connectivity index (χ1) is 17.0. The van der Waals surface area contributed by atoms with Gasteiger partial charge in [-0.3, -0.25) is 9.59 Å². The molecule has 3 aromatic rings. The molecule has 0 unspecified atom stereocenters. The van der Waals surface area contributed by atoms with Gasteiger partial charge in [0.25, 0.3) is 0 Å². The van der Waals surface area contributed by atoms with Gasteiger partial charge in [-0.25, -0.2) is 0 Å². The van der Waals surface area contributed by atoms with E-state index in [9.17, 15) is 9.59 Å². The molecule has 0 radical (unpaired) electrons. The van der Waals surface area contributed by atoms with Gasteiger partial charge in [0.1, 0.15) is 18.0 Å². The van der Waals surface area contributed by atoms with Crippen molar-refractivity contribution < 1.29 is 28.5 Å². The smallest absolute Gasteiger partial charge is 0.324 e. The Labute approximate surface area is 204 Å². The maximum atomic E-state index is 13.5. The zero-order valence-corrected chi connectivity index (χ0v) is 19.8. The van der Waals surface area contributed by atoms with E-state index in [4.69, 9.17) is 18.9 Å². The van der Waals surface area contributed by atoms with Crippen LogP contribution >= 0.6 is 0 Å². The van der Waals surface area contributed by atoms with Crippen molar-refractivity contribution in [1.82, 2.24) is 0 Å². The summed E-state index contributed by atoms with van der Waals surface area (Å²) in [5, 5.41) is 0. The van der Waals surface area contributed by atoms with E-state index in [1.165, 1.54) is 7.11 Å². The molecule has 1 saturated carbocycles. The molecule has 0 N–H and O–H groups in total. The lowest BCUT2D eigenvalue weighted by Gasteiger charge is -2.42. The standard InChI is InChI=1S/C29H28O6/c1-32-23-15-13-22(14-16-23)29(27(31)33-2)19-28(18-17-24(29)30)34-25(20-9-5-3-6-10-20)26(35-28)21-11-7-4-8-12-21/h3-16,25-26H,17-19H2,1-2H3/t25-,26-,29+/m0/s1. The molecule has 1 heterocycles. The average Bonchev–Trinajstić information content (AvgIpc) is 3.30. The molecule has 1 spiro atoms. The van der Waals surface area contributed by atoms with Gasteiger partial charge in [0.2, 0.25) is 0 Å². The lowest BCUT2D eigenvalue weighted by Crippen LogP contribution is -2.55. The Morgan fingerprint density at radius 1 is 0.829 bits per heavy atom. The number of esters is 1. The van der Waals surface area contributed by atoms with Crippen LogP contribution in [0.3, 0.4) is 0 Å². The summed E-state index contributed by atoms with van der Waals surface area (Å²) >= 11 is 0. The van der Waals surface area contributed by atoms with Gasteiger partial charge < -0.3 is 18.9 Å². The Balaban J connectivity index is 1.58. The van der Waals surface area contributed by atoms with Gasteiger partial charge in [-0.05, 0) is 28.8 Å². The summed E-state index contributed by atoms with van der Waals surface area (Å²) in [4.78, 5) is 26.8. The van der Waals surface area contributed by atoms with Crippen LogP contribution < -0.4 is 4.74 Å². The van der Waals surface area contributed by atoms with Gasteiger partial charge in [0.15, 0.2) is 17.0 Å². The molecule has 1 aliphatic heterocycles. The van der Waals surface area contributed by atoms with Crippen molar-refractivity contribution in [3.63, 3.8) is 0 Å². The second kappa shape index (κ2) is 9.29. The van der Waals surface area contributed by atoms with E-state index in [-0.39, 0.29) is 18.6 Å². The first-order valence-electron chi connectivity index (χ1n) is 11.7. The lowest BCUT2D eigenvalue weighted by molar-refractivity contribution is -0.212. The van der Waals surface area contributed by atoms with Gasteiger partial charge in [0.05, 0.1) is 14.2 Å². The Bertz CT molecular complexity index is 1130. The summed E-state index contributed by atoms with van der Waals surface area (Å²) in [5.41, 5.74) is 0.957. The monoisotopic (exact) mass is 472 g/mol. The van der Waals surface area contributed by atoms with Crippen molar-refractivity contribution >= 4 is 11.8 Å². The molecule has 6 nitrogen and oxygen atoms in total. The van der Waals surface area contributed by atoms with Gasteiger partial charge >= 0.3 is 5.97 Å². The van der Waals surface area contributed by atoms with Crippen LogP contribution in [-0.4, -0.2) is 31.8 Å². The Morgan fingerprint density at radius 2 is 1.37 bits per heavy atom. The number of Topliss-reactive ketones (excluding diaryl/α,β-unsaturated/α-hetero) is 1. The molecule has 0 aromatic heterocycles. The van der Waals surface area contributed by atoms with Gasteiger partial charge in [0, 0.05) is 19.3 Å². The molecule has 35 heavy (non-hydrogen) atoms. The Kier molecular flexibility index (Phi) is 6.17. The molecule has 2 fully saturated rings. The van der Waals surface area contributed by atoms with Gasteiger partial charge in [-0.2, -0.15) is 0 Å². The molecule has 180 valence electrons. The number of carbonyl (C=O) groups is 2. The fraction of sp³-hybridized carbons (Fsp3) is 0.310. The van der Waals surface area contributed by atoms with E-state index < -0.39 is 29.4 Å². The van der Waals surface area contributed by atoms with Crippen LogP contribution in [0.5, 0.6) is 5.75 Å². The van der Waals surface area contributed by atoms with Crippen molar-refractivity contribution in [2.45, 2.75) is 42.7 Å². The normalized spacial score (nSPS) is 25.4. The highest BCUT2D eigenvalue weighted by Crippen LogP contribution is 2.55. The van der Waals surface area contributed by atoms with Crippen molar-refractivity contribution in [1.29, 1.82) is 0 Å². The molecular weight excluding hydrogens is 444 g/mol. The summed E-state index contributed by atoms with van der Waals surface area (Å²) in [5.74, 6) is -1.32. The highest BCUT2D eigenvalue weighted by atomic mass is 16.8. The number of hydrogen-bond donors (Lipinski definition) is 0. The minimum atomic E-state index is -1.54. The van der Waals surface area contributed by atoms with E-state index in [0.29, 0.717) is 17.7 Å². The van der Waals surface area contributed by atoms with E-state index >= 15 is 0 Å². The van der Waals surface area contributed by atoms with Crippen LogP contribution in [0.15, 0.2) is 84.9 Å². The molecule has 3 aromatic carbocycles. The summed E-state index contributed by atoms with van der Waals surface area (Å²) < 4.78 is 23.9. The Morgan fingerprint density at radius 3 is 1.86 bits per heavy atom. The number of ether oxygens (including phenoxy) is 4. The molecule has 1 saturated heterocycles. The molecule has 0 bridgehead atoms. The quantitative estimate of drug-likeness (QED) is 0.381.